The molecule has 1 aliphatic carbocycles. The summed E-state index contributed by atoms with van der Waals surface area (Å²) in [5.74, 6) is -0.376. The van der Waals surface area contributed by atoms with Crippen molar-refractivity contribution in [2.45, 2.75) is 32.4 Å². The number of carbonyl (C=O) groups excluding carboxylic acids is 1. The van der Waals surface area contributed by atoms with E-state index in [0.29, 0.717) is 10.9 Å². The van der Waals surface area contributed by atoms with Crippen LogP contribution >= 0.6 is 15.9 Å². The van der Waals surface area contributed by atoms with Gasteiger partial charge in [0.15, 0.2) is 0 Å². The second-order valence-electron chi connectivity index (χ2n) is 5.55. The maximum absolute atomic E-state index is 12.1. The molecule has 1 amide bonds. The topological polar surface area (TPSA) is 92.5 Å². The zero-order valence-corrected chi connectivity index (χ0v) is 12.7. The van der Waals surface area contributed by atoms with Gasteiger partial charge in [-0.05, 0) is 12.5 Å². The Kier molecular flexibility index (Phi) is 3.84. The molecule has 0 aromatic heterocycles. The summed E-state index contributed by atoms with van der Waals surface area (Å²) < 4.78 is 0.477. The largest absolute Gasteiger partial charge is 0.392 e. The first-order chi connectivity index (χ1) is 9.21. The van der Waals surface area contributed by atoms with Crippen molar-refractivity contribution in [1.82, 2.24) is 5.32 Å². The lowest BCUT2D eigenvalue weighted by molar-refractivity contribution is -0.385. The molecule has 0 heterocycles. The van der Waals surface area contributed by atoms with Crippen molar-refractivity contribution in [2.24, 2.45) is 5.41 Å². The quantitative estimate of drug-likeness (QED) is 0.650. The number of nitrogens with zero attached hydrogens (tertiary/aromatic N) is 1. The SMILES string of the molecule is CC1(C)C(O)CC1NC(=O)c1cc(Br)cc([N+](=O)[O-])c1. The van der Waals surface area contributed by atoms with Crippen molar-refractivity contribution in [3.05, 3.63) is 38.3 Å². The summed E-state index contributed by atoms with van der Waals surface area (Å²) in [5.41, 5.74) is -0.297. The van der Waals surface area contributed by atoms with Crippen molar-refractivity contribution in [2.75, 3.05) is 0 Å². The van der Waals surface area contributed by atoms with Crippen LogP contribution in [0.3, 0.4) is 0 Å². The number of hydrogen-bond donors (Lipinski definition) is 2. The standard InChI is InChI=1S/C13H15BrN2O4/c1-13(2)10(6-11(13)17)15-12(18)7-3-8(14)5-9(4-7)16(19)20/h3-5,10-11,17H,6H2,1-2H3,(H,15,18). The molecule has 0 radical (unpaired) electrons. The fourth-order valence-electron chi connectivity index (χ4n) is 2.20. The predicted octanol–water partition coefficient (Wildman–Crippen LogP) is 2.25. The summed E-state index contributed by atoms with van der Waals surface area (Å²) in [5, 5.41) is 23.2. The highest BCUT2D eigenvalue weighted by atomic mass is 79.9. The number of benzene rings is 1. The van der Waals surface area contributed by atoms with Gasteiger partial charge in [-0.25, -0.2) is 0 Å². The van der Waals surface area contributed by atoms with Crippen LogP contribution in [0.2, 0.25) is 0 Å². The Morgan fingerprint density at radius 1 is 1.50 bits per heavy atom. The summed E-state index contributed by atoms with van der Waals surface area (Å²) in [6, 6.07) is 3.98. The average molecular weight is 343 g/mol. The minimum absolute atomic E-state index is 0.136. The summed E-state index contributed by atoms with van der Waals surface area (Å²) >= 11 is 3.15. The highest BCUT2D eigenvalue weighted by molar-refractivity contribution is 9.10. The van der Waals surface area contributed by atoms with Gasteiger partial charge in [-0.15, -0.1) is 0 Å². The first-order valence-electron chi connectivity index (χ1n) is 6.15. The Bertz CT molecular complexity index is 573. The average Bonchev–Trinajstić information content (AvgIpc) is 2.37. The maximum atomic E-state index is 12.1. The minimum Gasteiger partial charge on any atom is -0.392 e. The van der Waals surface area contributed by atoms with E-state index in [4.69, 9.17) is 0 Å². The second-order valence-corrected chi connectivity index (χ2v) is 6.47. The number of carbonyl (C=O) groups is 1. The minimum atomic E-state index is -0.543. The summed E-state index contributed by atoms with van der Waals surface area (Å²) in [6.07, 6.45) is 0.0547. The number of nitro groups is 1. The molecule has 20 heavy (non-hydrogen) atoms. The molecular formula is C13H15BrN2O4. The number of hydrogen-bond acceptors (Lipinski definition) is 4. The molecule has 1 aliphatic rings. The van der Waals surface area contributed by atoms with Gasteiger partial charge in [0.1, 0.15) is 0 Å². The Morgan fingerprint density at radius 2 is 2.15 bits per heavy atom. The lowest BCUT2D eigenvalue weighted by atomic mass is 9.64. The fraction of sp³-hybridized carbons (Fsp3) is 0.462. The first-order valence-corrected chi connectivity index (χ1v) is 6.95. The highest BCUT2D eigenvalue weighted by Crippen LogP contribution is 2.40. The number of halogens is 1. The van der Waals surface area contributed by atoms with Crippen LogP contribution in [0.1, 0.15) is 30.6 Å². The number of non-ortho nitro benzene ring substituents is 1. The molecule has 1 aromatic rings. The van der Waals surface area contributed by atoms with Gasteiger partial charge >= 0.3 is 0 Å². The van der Waals surface area contributed by atoms with Crippen LogP contribution in [0.15, 0.2) is 22.7 Å². The molecule has 7 heteroatoms. The Morgan fingerprint density at radius 3 is 2.65 bits per heavy atom. The van der Waals surface area contributed by atoms with Gasteiger partial charge in [0, 0.05) is 33.6 Å². The number of nitro benzene ring substituents is 1. The summed E-state index contributed by atoms with van der Waals surface area (Å²) in [4.78, 5) is 22.4. The summed E-state index contributed by atoms with van der Waals surface area (Å²) in [7, 11) is 0. The molecule has 108 valence electrons. The van der Waals surface area contributed by atoms with E-state index in [1.54, 1.807) is 0 Å². The molecule has 2 unspecified atom stereocenters. The molecule has 1 saturated carbocycles. The molecule has 6 nitrogen and oxygen atoms in total. The smallest absolute Gasteiger partial charge is 0.271 e. The first kappa shape index (κ1) is 14.9. The number of rotatable bonds is 3. The number of aliphatic hydroxyl groups is 1. The van der Waals surface area contributed by atoms with Crippen LogP contribution < -0.4 is 5.32 Å². The van der Waals surface area contributed by atoms with Crippen molar-refractivity contribution >= 4 is 27.5 Å². The van der Waals surface area contributed by atoms with E-state index >= 15 is 0 Å². The molecule has 2 atom stereocenters. The third-order valence-electron chi connectivity index (χ3n) is 3.88. The van der Waals surface area contributed by atoms with Gasteiger partial charge in [-0.1, -0.05) is 29.8 Å². The van der Waals surface area contributed by atoms with E-state index < -0.39 is 11.0 Å². The van der Waals surface area contributed by atoms with Crippen molar-refractivity contribution in [1.29, 1.82) is 0 Å². The Labute approximate surface area is 124 Å². The van der Waals surface area contributed by atoms with E-state index in [-0.39, 0.29) is 28.6 Å². The van der Waals surface area contributed by atoms with Gasteiger partial charge in [0.25, 0.3) is 11.6 Å². The molecule has 2 N–H and O–H groups in total. The number of nitrogens with one attached hydrogen (secondary N) is 1. The fourth-order valence-corrected chi connectivity index (χ4v) is 2.68. The van der Waals surface area contributed by atoms with E-state index in [1.165, 1.54) is 18.2 Å². The number of amides is 1. The molecule has 0 aliphatic heterocycles. The molecular weight excluding hydrogens is 328 g/mol. The predicted molar refractivity (Wildman–Crippen MR) is 76.5 cm³/mol. The third-order valence-corrected chi connectivity index (χ3v) is 4.33. The Hall–Kier alpha value is -1.47. The van der Waals surface area contributed by atoms with Gasteiger partial charge in [-0.2, -0.15) is 0 Å². The third kappa shape index (κ3) is 2.69. The Balaban J connectivity index is 2.16. The van der Waals surface area contributed by atoms with Crippen LogP contribution in [0, 0.1) is 15.5 Å². The summed E-state index contributed by atoms with van der Waals surface area (Å²) in [6.45, 7) is 3.74. The van der Waals surface area contributed by atoms with Gasteiger partial charge in [-0.3, -0.25) is 14.9 Å². The van der Waals surface area contributed by atoms with Crippen molar-refractivity contribution < 1.29 is 14.8 Å². The van der Waals surface area contributed by atoms with Gasteiger partial charge in [0.05, 0.1) is 11.0 Å². The van der Waals surface area contributed by atoms with E-state index in [9.17, 15) is 20.0 Å². The highest BCUT2D eigenvalue weighted by Gasteiger charge is 2.48. The zero-order chi connectivity index (χ0) is 15.1. The van der Waals surface area contributed by atoms with E-state index in [1.807, 2.05) is 13.8 Å². The maximum Gasteiger partial charge on any atom is 0.271 e. The lowest BCUT2D eigenvalue weighted by Crippen LogP contribution is -2.61. The molecule has 1 aromatic carbocycles. The van der Waals surface area contributed by atoms with Gasteiger partial charge in [0.2, 0.25) is 0 Å². The van der Waals surface area contributed by atoms with Crippen LogP contribution in [0.4, 0.5) is 5.69 Å². The second kappa shape index (κ2) is 5.14. The van der Waals surface area contributed by atoms with E-state index in [0.717, 1.165) is 0 Å². The molecule has 0 bridgehead atoms. The normalized spacial score (nSPS) is 23.8. The van der Waals surface area contributed by atoms with Gasteiger partial charge < -0.3 is 10.4 Å². The molecule has 2 rings (SSSR count). The van der Waals surface area contributed by atoms with Crippen LogP contribution in [-0.4, -0.2) is 28.1 Å². The molecule has 0 spiro atoms. The van der Waals surface area contributed by atoms with Crippen molar-refractivity contribution in [3.8, 4) is 0 Å². The molecule has 0 saturated heterocycles. The van der Waals surface area contributed by atoms with Crippen molar-refractivity contribution in [3.63, 3.8) is 0 Å². The lowest BCUT2D eigenvalue weighted by Gasteiger charge is -2.49. The van der Waals surface area contributed by atoms with E-state index in [2.05, 4.69) is 21.2 Å². The molecule has 1 fully saturated rings. The monoisotopic (exact) mass is 342 g/mol. The van der Waals surface area contributed by atoms with Crippen LogP contribution in [-0.2, 0) is 0 Å². The van der Waals surface area contributed by atoms with Crippen LogP contribution in [0.25, 0.3) is 0 Å². The zero-order valence-electron chi connectivity index (χ0n) is 11.1. The van der Waals surface area contributed by atoms with Crippen LogP contribution in [0.5, 0.6) is 0 Å². The number of aliphatic hydroxyl groups excluding tert-OH is 1.